The molecule has 0 amide bonds. The van der Waals surface area contributed by atoms with Gasteiger partial charge in [0.05, 0.1) is 14.2 Å². The Hall–Kier alpha value is -2.78. The highest BCUT2D eigenvalue weighted by Crippen LogP contribution is 2.46. The van der Waals surface area contributed by atoms with Gasteiger partial charge in [0, 0.05) is 11.1 Å². The largest absolute Gasteiger partial charge is 0.496 e. The van der Waals surface area contributed by atoms with Gasteiger partial charge in [-0.05, 0) is 36.5 Å². The molecule has 3 aromatic carbocycles. The minimum Gasteiger partial charge on any atom is -0.496 e. The normalized spacial score (nSPS) is 12.4. The summed E-state index contributed by atoms with van der Waals surface area (Å²) >= 11 is 0. The number of ether oxygens (including phenoxy) is 2. The molecule has 0 spiro atoms. The average molecular weight is 391 g/mol. The number of hydrogen-bond acceptors (Lipinski definition) is 3. The van der Waals surface area contributed by atoms with E-state index in [9.17, 15) is 5.11 Å². The molecule has 1 atom stereocenters. The minimum absolute atomic E-state index is 0.195. The maximum absolute atomic E-state index is 12.3. The van der Waals surface area contributed by atoms with Gasteiger partial charge < -0.3 is 14.6 Å². The van der Waals surface area contributed by atoms with E-state index in [1.807, 2.05) is 54.6 Å². The van der Waals surface area contributed by atoms with Crippen molar-refractivity contribution in [3.8, 4) is 11.5 Å². The fraction of sp³-hybridized carbons (Fsp3) is 0.308. The summed E-state index contributed by atoms with van der Waals surface area (Å²) in [4.78, 5) is 0. The monoisotopic (exact) mass is 390 g/mol. The highest BCUT2D eigenvalue weighted by molar-refractivity contribution is 5.50. The second-order valence-electron chi connectivity index (χ2n) is 7.36. The summed E-state index contributed by atoms with van der Waals surface area (Å²) in [5, 5.41) is 12.3. The number of benzene rings is 3. The molecule has 0 heterocycles. The SMILES string of the molecule is CCC[C@@H](CC(O)(c1ccccc1OC)c1ccccc1OC)c1ccccc1. The van der Waals surface area contributed by atoms with E-state index in [-0.39, 0.29) is 5.92 Å². The predicted octanol–water partition coefficient (Wildman–Crippen LogP) is 5.91. The van der Waals surface area contributed by atoms with Crippen molar-refractivity contribution in [1.29, 1.82) is 0 Å². The fourth-order valence-corrected chi connectivity index (χ4v) is 4.15. The molecule has 0 saturated carbocycles. The van der Waals surface area contributed by atoms with Crippen LogP contribution in [0.4, 0.5) is 0 Å². The number of para-hydroxylation sites is 2. The second-order valence-corrected chi connectivity index (χ2v) is 7.36. The third-order valence-corrected chi connectivity index (χ3v) is 5.56. The van der Waals surface area contributed by atoms with Crippen LogP contribution in [0.5, 0.6) is 11.5 Å². The van der Waals surface area contributed by atoms with E-state index in [0.29, 0.717) is 17.9 Å². The Kier molecular flexibility index (Phi) is 6.95. The van der Waals surface area contributed by atoms with Crippen LogP contribution < -0.4 is 9.47 Å². The van der Waals surface area contributed by atoms with Crippen LogP contribution >= 0.6 is 0 Å². The molecule has 3 rings (SSSR count). The Labute approximate surface area is 173 Å². The molecule has 0 radical (unpaired) electrons. The number of rotatable bonds is 9. The van der Waals surface area contributed by atoms with Crippen LogP contribution in [-0.4, -0.2) is 19.3 Å². The van der Waals surface area contributed by atoms with Gasteiger partial charge in [-0.2, -0.15) is 0 Å². The first-order valence-electron chi connectivity index (χ1n) is 10.2. The molecule has 0 fully saturated rings. The van der Waals surface area contributed by atoms with E-state index >= 15 is 0 Å². The highest BCUT2D eigenvalue weighted by atomic mass is 16.5. The van der Waals surface area contributed by atoms with E-state index in [4.69, 9.17) is 9.47 Å². The van der Waals surface area contributed by atoms with E-state index in [1.165, 1.54) is 5.56 Å². The quantitative estimate of drug-likeness (QED) is 0.493. The van der Waals surface area contributed by atoms with E-state index in [1.54, 1.807) is 14.2 Å². The molecule has 3 aromatic rings. The van der Waals surface area contributed by atoms with Gasteiger partial charge in [-0.25, -0.2) is 0 Å². The second kappa shape index (κ2) is 9.62. The van der Waals surface area contributed by atoms with Crippen molar-refractivity contribution < 1.29 is 14.6 Å². The molecule has 0 aromatic heterocycles. The van der Waals surface area contributed by atoms with Gasteiger partial charge in [-0.15, -0.1) is 0 Å². The molecule has 1 N–H and O–H groups in total. The molecule has 0 aliphatic rings. The topological polar surface area (TPSA) is 38.7 Å². The van der Waals surface area contributed by atoms with E-state index in [2.05, 4.69) is 31.2 Å². The van der Waals surface area contributed by atoms with Crippen LogP contribution in [0.25, 0.3) is 0 Å². The zero-order valence-corrected chi connectivity index (χ0v) is 17.5. The standard InChI is InChI=1S/C26H30O3/c1-4-12-21(20-13-6-5-7-14-20)19-26(27,22-15-8-10-17-24(22)28-2)23-16-9-11-18-25(23)29-3/h5-11,13-18,21,27H,4,12,19H2,1-3H3/t21-/m0/s1. The third kappa shape index (κ3) is 4.46. The van der Waals surface area contributed by atoms with E-state index in [0.717, 1.165) is 24.0 Å². The Balaban J connectivity index is 2.17. The molecular formula is C26H30O3. The maximum atomic E-state index is 12.3. The molecular weight excluding hydrogens is 360 g/mol. The first kappa shape index (κ1) is 20.9. The Morgan fingerprint density at radius 2 is 1.24 bits per heavy atom. The molecule has 29 heavy (non-hydrogen) atoms. The van der Waals surface area contributed by atoms with Crippen molar-refractivity contribution >= 4 is 0 Å². The van der Waals surface area contributed by atoms with Gasteiger partial charge in [-0.1, -0.05) is 80.1 Å². The highest BCUT2D eigenvalue weighted by Gasteiger charge is 2.39. The van der Waals surface area contributed by atoms with Gasteiger partial charge in [0.2, 0.25) is 0 Å². The van der Waals surface area contributed by atoms with Gasteiger partial charge in [0.25, 0.3) is 0 Å². The summed E-state index contributed by atoms with van der Waals surface area (Å²) in [6.45, 7) is 2.18. The Morgan fingerprint density at radius 3 is 1.72 bits per heavy atom. The number of aliphatic hydroxyl groups is 1. The zero-order chi connectivity index (χ0) is 20.7. The van der Waals surface area contributed by atoms with Crippen LogP contribution in [0.1, 0.15) is 48.8 Å². The number of methoxy groups -OCH3 is 2. The van der Waals surface area contributed by atoms with Crippen molar-refractivity contribution in [2.75, 3.05) is 14.2 Å². The van der Waals surface area contributed by atoms with Crippen molar-refractivity contribution in [2.24, 2.45) is 0 Å². The van der Waals surface area contributed by atoms with E-state index < -0.39 is 5.60 Å². The van der Waals surface area contributed by atoms with Crippen LogP contribution in [0.15, 0.2) is 78.9 Å². The van der Waals surface area contributed by atoms with Crippen LogP contribution in [0.3, 0.4) is 0 Å². The molecule has 0 unspecified atom stereocenters. The van der Waals surface area contributed by atoms with Gasteiger partial charge in [-0.3, -0.25) is 0 Å². The smallest absolute Gasteiger partial charge is 0.125 e. The summed E-state index contributed by atoms with van der Waals surface area (Å²) in [6.07, 6.45) is 2.55. The van der Waals surface area contributed by atoms with Crippen LogP contribution in [0.2, 0.25) is 0 Å². The molecule has 0 aliphatic carbocycles. The summed E-state index contributed by atoms with van der Waals surface area (Å²) in [7, 11) is 3.28. The van der Waals surface area contributed by atoms with Crippen molar-refractivity contribution in [3.63, 3.8) is 0 Å². The first-order chi connectivity index (χ1) is 14.1. The van der Waals surface area contributed by atoms with Crippen molar-refractivity contribution in [3.05, 3.63) is 95.6 Å². The van der Waals surface area contributed by atoms with Crippen LogP contribution in [0, 0.1) is 0 Å². The van der Waals surface area contributed by atoms with Crippen molar-refractivity contribution in [2.45, 2.75) is 37.7 Å². The molecule has 0 aliphatic heterocycles. The third-order valence-electron chi connectivity index (χ3n) is 5.56. The average Bonchev–Trinajstić information content (AvgIpc) is 2.79. The maximum Gasteiger partial charge on any atom is 0.125 e. The van der Waals surface area contributed by atoms with Crippen molar-refractivity contribution in [1.82, 2.24) is 0 Å². The Bertz CT molecular complexity index is 857. The zero-order valence-electron chi connectivity index (χ0n) is 17.5. The molecule has 0 saturated heterocycles. The lowest BCUT2D eigenvalue weighted by Gasteiger charge is -2.35. The molecule has 3 nitrogen and oxygen atoms in total. The summed E-state index contributed by atoms with van der Waals surface area (Å²) in [5.74, 6) is 1.54. The Morgan fingerprint density at radius 1 is 0.759 bits per heavy atom. The molecule has 152 valence electrons. The first-order valence-corrected chi connectivity index (χ1v) is 10.2. The van der Waals surface area contributed by atoms with Crippen LogP contribution in [-0.2, 0) is 5.60 Å². The molecule has 3 heteroatoms. The van der Waals surface area contributed by atoms with Gasteiger partial charge in [0.15, 0.2) is 0 Å². The lowest BCUT2D eigenvalue weighted by Crippen LogP contribution is -2.31. The van der Waals surface area contributed by atoms with Gasteiger partial charge >= 0.3 is 0 Å². The number of hydrogen-bond donors (Lipinski definition) is 1. The summed E-state index contributed by atoms with van der Waals surface area (Å²) in [6, 6.07) is 25.8. The minimum atomic E-state index is -1.26. The lowest BCUT2D eigenvalue weighted by molar-refractivity contribution is 0.0564. The lowest BCUT2D eigenvalue weighted by atomic mass is 9.75. The fourth-order valence-electron chi connectivity index (χ4n) is 4.15. The summed E-state index contributed by atoms with van der Waals surface area (Å²) < 4.78 is 11.3. The summed E-state index contributed by atoms with van der Waals surface area (Å²) in [5.41, 5.74) is 1.49. The van der Waals surface area contributed by atoms with Gasteiger partial charge in [0.1, 0.15) is 17.1 Å². The predicted molar refractivity (Wildman–Crippen MR) is 118 cm³/mol. The molecule has 0 bridgehead atoms.